The first kappa shape index (κ1) is 25.1. The van der Waals surface area contributed by atoms with Gasteiger partial charge in [-0.15, -0.1) is 0 Å². The molecule has 0 saturated heterocycles. The summed E-state index contributed by atoms with van der Waals surface area (Å²) < 4.78 is 12.0. The van der Waals surface area contributed by atoms with Gasteiger partial charge in [-0.2, -0.15) is 0 Å². The number of hydrogen-bond donors (Lipinski definition) is 0. The molecule has 0 N–H and O–H groups in total. The SMILES string of the molecule is CCOC(=O)C(C)(C)C1=CC[C@@]2(C)[C@@H](CC[C@@H]3[C@H]2CC[C@]2(C)[C@@H](OCc4ccccc4)CC[C@@H]32)C1. The van der Waals surface area contributed by atoms with Crippen molar-refractivity contribution in [2.45, 2.75) is 98.7 Å². The Labute approximate surface area is 213 Å². The van der Waals surface area contributed by atoms with Gasteiger partial charge in [-0.1, -0.05) is 55.8 Å². The number of rotatable bonds is 6. The predicted molar refractivity (Wildman–Crippen MR) is 141 cm³/mol. The zero-order valence-corrected chi connectivity index (χ0v) is 22.6. The smallest absolute Gasteiger partial charge is 0.315 e. The quantitative estimate of drug-likeness (QED) is 0.310. The van der Waals surface area contributed by atoms with Gasteiger partial charge in [0.05, 0.1) is 24.7 Å². The molecule has 7 atom stereocenters. The molecule has 3 saturated carbocycles. The first-order valence-corrected chi connectivity index (χ1v) is 14.2. The minimum atomic E-state index is -0.506. The van der Waals surface area contributed by atoms with E-state index in [1.165, 1.54) is 49.7 Å². The number of allylic oxidation sites excluding steroid dienone is 1. The van der Waals surface area contributed by atoms with Crippen molar-refractivity contribution in [1.82, 2.24) is 0 Å². The van der Waals surface area contributed by atoms with Crippen LogP contribution in [0.1, 0.15) is 91.5 Å². The third-order valence-corrected chi connectivity index (χ3v) is 11.1. The lowest BCUT2D eigenvalue weighted by molar-refractivity contribution is -0.152. The third kappa shape index (κ3) is 4.20. The minimum Gasteiger partial charge on any atom is -0.465 e. The molecule has 35 heavy (non-hydrogen) atoms. The van der Waals surface area contributed by atoms with Crippen LogP contribution in [0.2, 0.25) is 0 Å². The molecular weight excluding hydrogens is 432 g/mol. The number of carbonyl (C=O) groups excluding carboxylic acids is 1. The molecule has 3 fully saturated rings. The minimum absolute atomic E-state index is 0.0653. The summed E-state index contributed by atoms with van der Waals surface area (Å²) in [6, 6.07) is 10.7. The normalized spacial score (nSPS) is 38.7. The van der Waals surface area contributed by atoms with E-state index in [2.05, 4.69) is 64.1 Å². The highest BCUT2D eigenvalue weighted by Crippen LogP contribution is 2.67. The second kappa shape index (κ2) is 9.36. The Balaban J connectivity index is 1.30. The molecule has 0 bridgehead atoms. The highest BCUT2D eigenvalue weighted by Gasteiger charge is 2.60. The second-order valence-corrected chi connectivity index (χ2v) is 13.0. The summed E-state index contributed by atoms with van der Waals surface area (Å²) in [5.41, 5.74) is 2.78. The molecular formula is C32H46O3. The van der Waals surface area contributed by atoms with Crippen molar-refractivity contribution in [1.29, 1.82) is 0 Å². The molecule has 4 aliphatic carbocycles. The monoisotopic (exact) mass is 478 g/mol. The van der Waals surface area contributed by atoms with E-state index in [0.717, 1.165) is 37.2 Å². The van der Waals surface area contributed by atoms with E-state index in [9.17, 15) is 4.79 Å². The summed E-state index contributed by atoms with van der Waals surface area (Å²) >= 11 is 0. The molecule has 0 spiro atoms. The average Bonchev–Trinajstić information content (AvgIpc) is 3.19. The molecule has 0 heterocycles. The summed E-state index contributed by atoms with van der Waals surface area (Å²) in [5, 5.41) is 0. The van der Waals surface area contributed by atoms with Gasteiger partial charge in [-0.05, 0) is 112 Å². The van der Waals surface area contributed by atoms with Crippen LogP contribution in [0.3, 0.4) is 0 Å². The standard InChI is InChI=1S/C32H46O3/c1-6-34-29(33)30(2,3)23-16-18-31(4)24(20-23)12-13-25-26-14-15-28(32(26,5)19-17-27(25)31)35-21-22-10-8-7-9-11-22/h7-11,16,24-28H,6,12-15,17-21H2,1-5H3/t24-,25-,26-,27+,28-,31-,32-/m0/s1. The van der Waals surface area contributed by atoms with Gasteiger partial charge in [0.2, 0.25) is 0 Å². The van der Waals surface area contributed by atoms with Gasteiger partial charge in [0.15, 0.2) is 0 Å². The zero-order valence-electron chi connectivity index (χ0n) is 22.6. The van der Waals surface area contributed by atoms with Crippen molar-refractivity contribution < 1.29 is 14.3 Å². The topological polar surface area (TPSA) is 35.5 Å². The van der Waals surface area contributed by atoms with Crippen LogP contribution >= 0.6 is 0 Å². The number of carbonyl (C=O) groups is 1. The lowest BCUT2D eigenvalue weighted by Gasteiger charge is -2.60. The highest BCUT2D eigenvalue weighted by molar-refractivity contribution is 5.79. The molecule has 0 unspecified atom stereocenters. The van der Waals surface area contributed by atoms with Crippen molar-refractivity contribution in [2.24, 2.45) is 39.9 Å². The van der Waals surface area contributed by atoms with E-state index in [1.54, 1.807) is 0 Å². The van der Waals surface area contributed by atoms with Crippen molar-refractivity contribution in [2.75, 3.05) is 6.61 Å². The lowest BCUT2D eigenvalue weighted by atomic mass is 9.45. The molecule has 5 rings (SSSR count). The number of benzene rings is 1. The van der Waals surface area contributed by atoms with E-state index in [-0.39, 0.29) is 5.97 Å². The van der Waals surface area contributed by atoms with Gasteiger partial charge in [0.25, 0.3) is 0 Å². The van der Waals surface area contributed by atoms with Crippen LogP contribution in [-0.4, -0.2) is 18.7 Å². The van der Waals surface area contributed by atoms with Crippen LogP contribution < -0.4 is 0 Å². The van der Waals surface area contributed by atoms with Gasteiger partial charge in [-0.3, -0.25) is 4.79 Å². The van der Waals surface area contributed by atoms with Crippen molar-refractivity contribution in [3.63, 3.8) is 0 Å². The zero-order chi connectivity index (χ0) is 24.8. The van der Waals surface area contributed by atoms with Gasteiger partial charge in [0.1, 0.15) is 0 Å². The molecule has 0 amide bonds. The summed E-state index contributed by atoms with van der Waals surface area (Å²) in [4.78, 5) is 12.7. The molecule has 0 aromatic heterocycles. The van der Waals surface area contributed by atoms with E-state index in [4.69, 9.17) is 9.47 Å². The number of ether oxygens (including phenoxy) is 2. The Morgan fingerprint density at radius 2 is 1.74 bits per heavy atom. The van der Waals surface area contributed by atoms with Crippen LogP contribution in [0.4, 0.5) is 0 Å². The fourth-order valence-corrected chi connectivity index (χ4v) is 8.83. The van der Waals surface area contributed by atoms with E-state index >= 15 is 0 Å². The van der Waals surface area contributed by atoms with Gasteiger partial charge in [-0.25, -0.2) is 0 Å². The van der Waals surface area contributed by atoms with Crippen LogP contribution in [0.5, 0.6) is 0 Å². The van der Waals surface area contributed by atoms with E-state index < -0.39 is 5.41 Å². The number of fused-ring (bicyclic) bond motifs is 5. The van der Waals surface area contributed by atoms with Gasteiger partial charge in [0, 0.05) is 0 Å². The first-order valence-electron chi connectivity index (χ1n) is 14.2. The molecule has 3 nitrogen and oxygen atoms in total. The number of hydrogen-bond acceptors (Lipinski definition) is 3. The maximum Gasteiger partial charge on any atom is 0.315 e. The molecule has 0 radical (unpaired) electrons. The molecule has 4 aliphatic rings. The Bertz CT molecular complexity index is 949. The van der Waals surface area contributed by atoms with Crippen molar-refractivity contribution in [3.05, 3.63) is 47.5 Å². The van der Waals surface area contributed by atoms with Crippen LogP contribution in [0.15, 0.2) is 42.0 Å². The summed E-state index contributed by atoms with van der Waals surface area (Å²) in [5.74, 6) is 3.04. The molecule has 1 aromatic carbocycles. The van der Waals surface area contributed by atoms with Crippen molar-refractivity contribution >= 4 is 5.97 Å². The van der Waals surface area contributed by atoms with E-state index in [1.807, 2.05) is 6.92 Å². The maximum atomic E-state index is 12.7. The van der Waals surface area contributed by atoms with Crippen molar-refractivity contribution in [3.8, 4) is 0 Å². The fourth-order valence-electron chi connectivity index (χ4n) is 8.83. The summed E-state index contributed by atoms with van der Waals surface area (Å²) in [6.07, 6.45) is 12.8. The summed E-state index contributed by atoms with van der Waals surface area (Å²) in [6.45, 7) is 12.4. The highest BCUT2D eigenvalue weighted by atomic mass is 16.5. The van der Waals surface area contributed by atoms with Gasteiger partial charge >= 0.3 is 5.97 Å². The molecule has 192 valence electrons. The Hall–Kier alpha value is -1.61. The Kier molecular flexibility index (Phi) is 6.70. The Morgan fingerprint density at radius 1 is 1.00 bits per heavy atom. The fraction of sp³-hybridized carbons (Fsp3) is 0.719. The first-order chi connectivity index (χ1) is 16.7. The molecule has 0 aliphatic heterocycles. The van der Waals surface area contributed by atoms with Crippen LogP contribution in [0, 0.1) is 39.9 Å². The van der Waals surface area contributed by atoms with E-state index in [0.29, 0.717) is 29.5 Å². The second-order valence-electron chi connectivity index (χ2n) is 13.0. The molecule has 3 heteroatoms. The average molecular weight is 479 g/mol. The lowest BCUT2D eigenvalue weighted by Crippen LogP contribution is -2.53. The maximum absolute atomic E-state index is 12.7. The summed E-state index contributed by atoms with van der Waals surface area (Å²) in [7, 11) is 0. The van der Waals surface area contributed by atoms with Crippen LogP contribution in [0.25, 0.3) is 0 Å². The predicted octanol–water partition coefficient (Wildman–Crippen LogP) is 7.74. The van der Waals surface area contributed by atoms with Crippen LogP contribution in [-0.2, 0) is 20.9 Å². The Morgan fingerprint density at radius 3 is 2.49 bits per heavy atom. The number of esters is 1. The third-order valence-electron chi connectivity index (χ3n) is 11.1. The van der Waals surface area contributed by atoms with Gasteiger partial charge < -0.3 is 9.47 Å². The molecule has 1 aromatic rings. The largest absolute Gasteiger partial charge is 0.465 e.